The van der Waals surface area contributed by atoms with E-state index in [1.807, 2.05) is 6.92 Å². The van der Waals surface area contributed by atoms with Crippen LogP contribution in [0.3, 0.4) is 0 Å². The number of hydrogen-bond donors (Lipinski definition) is 4. The van der Waals surface area contributed by atoms with Crippen LogP contribution < -0.4 is 0 Å². The van der Waals surface area contributed by atoms with E-state index in [2.05, 4.69) is 32.6 Å². The first-order valence-corrected chi connectivity index (χ1v) is 16.9. The van der Waals surface area contributed by atoms with Crippen molar-refractivity contribution in [3.8, 4) is 0 Å². The highest BCUT2D eigenvalue weighted by Crippen LogP contribution is 2.60. The molecule has 0 aromatic rings. The van der Waals surface area contributed by atoms with Gasteiger partial charge in [0.2, 0.25) is 0 Å². The fourth-order valence-electron chi connectivity index (χ4n) is 8.49. The van der Waals surface area contributed by atoms with Crippen LogP contribution in [0.2, 0.25) is 0 Å². The van der Waals surface area contributed by atoms with Crippen LogP contribution in [0.25, 0.3) is 0 Å². The average Bonchev–Trinajstić information content (AvgIpc) is 3.26. The number of aliphatic hydroxyl groups is 4. The van der Waals surface area contributed by atoms with Gasteiger partial charge in [0.05, 0.1) is 17.8 Å². The van der Waals surface area contributed by atoms with Crippen molar-refractivity contribution >= 4 is 0 Å². The van der Waals surface area contributed by atoms with Gasteiger partial charge in [0.1, 0.15) is 0 Å². The Balaban J connectivity index is 1.43. The Morgan fingerprint density at radius 1 is 0.975 bits per heavy atom. The van der Waals surface area contributed by atoms with Crippen LogP contribution in [0.15, 0.2) is 35.5 Å². The summed E-state index contributed by atoms with van der Waals surface area (Å²) in [7, 11) is 0. The lowest BCUT2D eigenvalue weighted by Crippen LogP contribution is -2.36. The molecule has 3 saturated carbocycles. The van der Waals surface area contributed by atoms with Crippen molar-refractivity contribution in [2.24, 2.45) is 23.2 Å². The molecular weight excluding hydrogens is 496 g/mol. The lowest BCUT2D eigenvalue weighted by molar-refractivity contribution is 0.0324. The van der Waals surface area contributed by atoms with Crippen molar-refractivity contribution in [3.05, 3.63) is 35.5 Å². The van der Waals surface area contributed by atoms with Crippen LogP contribution >= 0.6 is 0 Å². The van der Waals surface area contributed by atoms with Crippen LogP contribution in [0.5, 0.6) is 0 Å². The predicted octanol–water partition coefficient (Wildman–Crippen LogP) is 8.19. The van der Waals surface area contributed by atoms with Crippen LogP contribution in [0.4, 0.5) is 0 Å². The summed E-state index contributed by atoms with van der Waals surface area (Å²) < 4.78 is 0. The number of rotatable bonds is 16. The SMILES string of the molecule is C=C1/C(=C\C=C2/CCC[C@]3(C)[C@@H]([C@H](C)CCCC(C)(O)CCCCCCCCCCO)CC[C@@H]23)C[C@@H](O)C[C@@H]1O. The molecule has 4 N–H and O–H groups in total. The van der Waals surface area contributed by atoms with E-state index in [4.69, 9.17) is 5.11 Å². The standard InChI is InChI=1S/C36H62O4/c1-27(15-13-22-35(3,40)21-11-9-7-5-6-8-10-12-24-37)32-19-20-33-29(16-14-23-36(32,33)4)17-18-30-25-31(38)26-34(39)28(30)2/h17-18,27,31-34,37-40H,2,5-16,19-26H2,1,3-4H3/b29-17+,30-18-/t27-,31-,32-,33+,34+,35?,36-/m1/s1. The van der Waals surface area contributed by atoms with Crippen molar-refractivity contribution in [1.29, 1.82) is 0 Å². The maximum Gasteiger partial charge on any atom is 0.0811 e. The smallest absolute Gasteiger partial charge is 0.0811 e. The zero-order valence-corrected chi connectivity index (χ0v) is 26.2. The molecule has 4 nitrogen and oxygen atoms in total. The molecule has 3 aliphatic carbocycles. The lowest BCUT2D eigenvalue weighted by Gasteiger charge is -2.44. The van der Waals surface area contributed by atoms with E-state index >= 15 is 0 Å². The van der Waals surface area contributed by atoms with E-state index in [1.54, 1.807) is 5.57 Å². The first kappa shape index (κ1) is 33.6. The van der Waals surface area contributed by atoms with E-state index in [0.717, 1.165) is 62.0 Å². The van der Waals surface area contributed by atoms with E-state index in [1.165, 1.54) is 64.2 Å². The van der Waals surface area contributed by atoms with E-state index in [9.17, 15) is 15.3 Å². The number of allylic oxidation sites excluding steroid dienone is 3. The summed E-state index contributed by atoms with van der Waals surface area (Å²) in [6.45, 7) is 11.5. The van der Waals surface area contributed by atoms with Crippen molar-refractivity contribution in [2.75, 3.05) is 6.61 Å². The second-order valence-corrected chi connectivity index (χ2v) is 14.3. The van der Waals surface area contributed by atoms with Gasteiger partial charge in [0.15, 0.2) is 0 Å². The molecule has 3 fully saturated rings. The zero-order valence-electron chi connectivity index (χ0n) is 26.2. The molecule has 0 bridgehead atoms. The summed E-state index contributed by atoms with van der Waals surface area (Å²) in [6, 6.07) is 0. The monoisotopic (exact) mass is 558 g/mol. The van der Waals surface area contributed by atoms with Gasteiger partial charge in [-0.05, 0) is 99.0 Å². The summed E-state index contributed by atoms with van der Waals surface area (Å²) in [5.41, 5.74) is 3.16. The number of fused-ring (bicyclic) bond motifs is 1. The van der Waals surface area contributed by atoms with E-state index in [0.29, 0.717) is 36.7 Å². The number of unbranched alkanes of at least 4 members (excludes halogenated alkanes) is 7. The molecule has 0 heterocycles. The summed E-state index contributed by atoms with van der Waals surface area (Å²) in [6.07, 6.45) is 24.3. The quantitative estimate of drug-likeness (QED) is 0.144. The van der Waals surface area contributed by atoms with Gasteiger partial charge in [-0.2, -0.15) is 0 Å². The second-order valence-electron chi connectivity index (χ2n) is 14.3. The highest BCUT2D eigenvalue weighted by Gasteiger charge is 2.50. The molecular formula is C36H62O4. The Hall–Kier alpha value is -0.940. The summed E-state index contributed by atoms with van der Waals surface area (Å²) in [5.74, 6) is 2.05. The number of hydrogen-bond acceptors (Lipinski definition) is 4. The first-order chi connectivity index (χ1) is 19.1. The van der Waals surface area contributed by atoms with Gasteiger partial charge in [0, 0.05) is 13.0 Å². The van der Waals surface area contributed by atoms with Crippen LogP contribution in [0, 0.1) is 23.2 Å². The third kappa shape index (κ3) is 9.54. The minimum atomic E-state index is -0.624. The maximum atomic E-state index is 11.0. The molecule has 0 amide bonds. The molecule has 230 valence electrons. The average molecular weight is 559 g/mol. The largest absolute Gasteiger partial charge is 0.396 e. The first-order valence-electron chi connectivity index (χ1n) is 16.9. The van der Waals surface area contributed by atoms with Crippen molar-refractivity contribution < 1.29 is 20.4 Å². The van der Waals surface area contributed by atoms with E-state index in [-0.39, 0.29) is 0 Å². The van der Waals surface area contributed by atoms with E-state index < -0.39 is 17.8 Å². The lowest BCUT2D eigenvalue weighted by atomic mass is 9.60. The molecule has 3 rings (SSSR count). The van der Waals surface area contributed by atoms with Gasteiger partial charge in [0.25, 0.3) is 0 Å². The molecule has 0 aliphatic heterocycles. The molecule has 7 atom stereocenters. The Kier molecular flexibility index (Phi) is 13.5. The normalized spacial score (nSPS) is 33.3. The Bertz CT molecular complexity index is 842. The van der Waals surface area contributed by atoms with Crippen molar-refractivity contribution in [3.63, 3.8) is 0 Å². The predicted molar refractivity (Wildman–Crippen MR) is 167 cm³/mol. The van der Waals surface area contributed by atoms with Crippen molar-refractivity contribution in [1.82, 2.24) is 0 Å². The summed E-state index contributed by atoms with van der Waals surface area (Å²) in [5, 5.41) is 40.2. The molecule has 0 saturated heterocycles. The molecule has 0 aromatic carbocycles. The van der Waals surface area contributed by atoms with Crippen LogP contribution in [-0.4, -0.2) is 44.8 Å². The third-order valence-electron chi connectivity index (χ3n) is 11.0. The molecule has 0 radical (unpaired) electrons. The fourth-order valence-corrected chi connectivity index (χ4v) is 8.49. The van der Waals surface area contributed by atoms with Gasteiger partial charge < -0.3 is 20.4 Å². The Labute approximate surface area is 246 Å². The fraction of sp³-hybridized carbons (Fsp3) is 0.833. The van der Waals surface area contributed by atoms with Crippen LogP contribution in [-0.2, 0) is 0 Å². The highest BCUT2D eigenvalue weighted by atomic mass is 16.3. The summed E-state index contributed by atoms with van der Waals surface area (Å²) >= 11 is 0. The topological polar surface area (TPSA) is 80.9 Å². The molecule has 0 aromatic heterocycles. The minimum absolute atomic E-state index is 0.322. The second kappa shape index (κ2) is 16.1. The highest BCUT2D eigenvalue weighted by molar-refractivity contribution is 5.38. The van der Waals surface area contributed by atoms with Gasteiger partial charge in [-0.15, -0.1) is 0 Å². The van der Waals surface area contributed by atoms with Crippen molar-refractivity contribution in [2.45, 2.75) is 161 Å². The van der Waals surface area contributed by atoms with Gasteiger partial charge >= 0.3 is 0 Å². The zero-order chi connectivity index (χ0) is 29.2. The molecule has 4 heteroatoms. The molecule has 1 unspecified atom stereocenters. The van der Waals surface area contributed by atoms with Gasteiger partial charge in [-0.1, -0.05) is 95.9 Å². The molecule has 40 heavy (non-hydrogen) atoms. The van der Waals surface area contributed by atoms with Gasteiger partial charge in [-0.3, -0.25) is 0 Å². The Morgan fingerprint density at radius 2 is 1.62 bits per heavy atom. The minimum Gasteiger partial charge on any atom is -0.396 e. The van der Waals surface area contributed by atoms with Gasteiger partial charge in [-0.25, -0.2) is 0 Å². The number of aliphatic hydroxyl groups excluding tert-OH is 3. The molecule has 0 spiro atoms. The summed E-state index contributed by atoms with van der Waals surface area (Å²) in [4.78, 5) is 0. The maximum absolute atomic E-state index is 11.0. The van der Waals surface area contributed by atoms with Crippen LogP contribution in [0.1, 0.15) is 143 Å². The Morgan fingerprint density at radius 3 is 2.33 bits per heavy atom. The third-order valence-corrected chi connectivity index (χ3v) is 11.0. The molecule has 3 aliphatic rings.